The fourth-order valence-electron chi connectivity index (χ4n) is 1.48. The average molecular weight is 150 g/mol. The van der Waals surface area contributed by atoms with E-state index in [0.29, 0.717) is 0 Å². The molecule has 0 radical (unpaired) electrons. The molecule has 0 fully saturated rings. The maximum Gasteiger partial charge on any atom is -0.0260 e. The Balaban J connectivity index is 2.50. The minimum Gasteiger partial charge on any atom is -0.0882 e. The first kappa shape index (κ1) is 8.58. The third-order valence-corrected chi connectivity index (χ3v) is 2.25. The summed E-state index contributed by atoms with van der Waals surface area (Å²) in [5, 5.41) is 0. The Kier molecular flexibility index (Phi) is 3.41. The van der Waals surface area contributed by atoms with Gasteiger partial charge in [0, 0.05) is 0 Å². The van der Waals surface area contributed by atoms with Gasteiger partial charge >= 0.3 is 0 Å². The fourth-order valence-corrected chi connectivity index (χ4v) is 1.48. The lowest BCUT2D eigenvalue weighted by Gasteiger charge is -2.11. The van der Waals surface area contributed by atoms with Crippen LogP contribution in [0, 0.1) is 5.92 Å². The van der Waals surface area contributed by atoms with E-state index in [4.69, 9.17) is 0 Å². The first-order valence-electron chi connectivity index (χ1n) is 4.64. The molecule has 0 heteroatoms. The molecule has 0 saturated carbocycles. The van der Waals surface area contributed by atoms with Crippen LogP contribution in [0.4, 0.5) is 0 Å². The Labute approximate surface area is 70.0 Å². The maximum absolute atomic E-state index is 2.42. The summed E-state index contributed by atoms with van der Waals surface area (Å²) in [7, 11) is 0. The van der Waals surface area contributed by atoms with E-state index in [9.17, 15) is 0 Å². The van der Waals surface area contributed by atoms with E-state index in [2.05, 4.69) is 32.1 Å². The van der Waals surface area contributed by atoms with Gasteiger partial charge < -0.3 is 0 Å². The van der Waals surface area contributed by atoms with Crippen LogP contribution in [0.1, 0.15) is 39.5 Å². The van der Waals surface area contributed by atoms with Gasteiger partial charge in [-0.15, -0.1) is 0 Å². The molecule has 62 valence electrons. The smallest absolute Gasteiger partial charge is 0.0260 e. The van der Waals surface area contributed by atoms with Crippen LogP contribution in [-0.2, 0) is 0 Å². The Morgan fingerprint density at radius 1 is 1.09 bits per heavy atom. The molecule has 0 N–H and O–H groups in total. The molecule has 0 aromatic rings. The molecule has 0 bridgehead atoms. The van der Waals surface area contributed by atoms with E-state index in [1.54, 1.807) is 5.57 Å². The van der Waals surface area contributed by atoms with Crippen molar-refractivity contribution in [3.05, 3.63) is 23.8 Å². The maximum atomic E-state index is 2.42. The van der Waals surface area contributed by atoms with Gasteiger partial charge in [0.2, 0.25) is 0 Å². The lowest BCUT2D eigenvalue weighted by molar-refractivity contribution is 0.702. The second-order valence-electron chi connectivity index (χ2n) is 3.52. The van der Waals surface area contributed by atoms with E-state index in [1.807, 2.05) is 0 Å². The highest BCUT2D eigenvalue weighted by molar-refractivity contribution is 5.08. The number of hydrogen-bond donors (Lipinski definition) is 0. The van der Waals surface area contributed by atoms with E-state index in [-0.39, 0.29) is 0 Å². The van der Waals surface area contributed by atoms with Gasteiger partial charge in [0.15, 0.2) is 0 Å². The average Bonchev–Trinajstić information content (AvgIpc) is 1.84. The summed E-state index contributed by atoms with van der Waals surface area (Å²) < 4.78 is 0. The third kappa shape index (κ3) is 2.92. The molecule has 1 rings (SSSR count). The summed E-state index contributed by atoms with van der Waals surface area (Å²) in [5.74, 6) is 0.751. The molecule has 0 aliphatic heterocycles. The zero-order valence-electron chi connectivity index (χ0n) is 7.64. The second-order valence-corrected chi connectivity index (χ2v) is 3.52. The molecular formula is C11H18. The topological polar surface area (TPSA) is 0 Å². The van der Waals surface area contributed by atoms with Crippen LogP contribution in [-0.4, -0.2) is 0 Å². The Hall–Kier alpha value is -0.520. The highest BCUT2D eigenvalue weighted by Crippen LogP contribution is 2.19. The van der Waals surface area contributed by atoms with Crippen molar-refractivity contribution in [2.24, 2.45) is 5.92 Å². The molecule has 1 aliphatic rings. The van der Waals surface area contributed by atoms with Gasteiger partial charge in [-0.2, -0.15) is 0 Å². The molecule has 1 aliphatic carbocycles. The standard InChI is InChI=1S/C11H18/c1-10(2)11-8-6-4-3-5-7-9-11/h3-4,9-10H,5-8H2,1-2H3/b4-3-,11-9-. The van der Waals surface area contributed by atoms with Gasteiger partial charge in [0.1, 0.15) is 0 Å². The SMILES string of the molecule is CC(C)/C1=C\CC/C=C\CC1. The van der Waals surface area contributed by atoms with Crippen LogP contribution >= 0.6 is 0 Å². The predicted octanol–water partition coefficient (Wildman–Crippen LogP) is 3.70. The number of rotatable bonds is 1. The summed E-state index contributed by atoms with van der Waals surface area (Å²) >= 11 is 0. The molecule has 0 nitrogen and oxygen atoms in total. The lowest BCUT2D eigenvalue weighted by atomic mass is 9.95. The summed E-state index contributed by atoms with van der Waals surface area (Å²) in [5.41, 5.74) is 1.65. The minimum atomic E-state index is 0.751. The van der Waals surface area contributed by atoms with E-state index in [1.165, 1.54) is 25.7 Å². The molecule has 0 aromatic carbocycles. The number of allylic oxidation sites excluding steroid dienone is 4. The van der Waals surface area contributed by atoms with Crippen LogP contribution in [0.5, 0.6) is 0 Å². The molecule has 11 heavy (non-hydrogen) atoms. The fraction of sp³-hybridized carbons (Fsp3) is 0.636. The largest absolute Gasteiger partial charge is 0.0882 e. The van der Waals surface area contributed by atoms with Crippen molar-refractivity contribution in [3.63, 3.8) is 0 Å². The third-order valence-electron chi connectivity index (χ3n) is 2.25. The molecule has 0 aromatic heterocycles. The molecule has 0 heterocycles. The van der Waals surface area contributed by atoms with Gasteiger partial charge in [-0.05, 0) is 31.6 Å². The zero-order chi connectivity index (χ0) is 8.10. The second kappa shape index (κ2) is 4.38. The van der Waals surface area contributed by atoms with Gasteiger partial charge in [0.25, 0.3) is 0 Å². The van der Waals surface area contributed by atoms with Crippen LogP contribution in [0.2, 0.25) is 0 Å². The highest BCUT2D eigenvalue weighted by atomic mass is 14.1. The van der Waals surface area contributed by atoms with E-state index < -0.39 is 0 Å². The highest BCUT2D eigenvalue weighted by Gasteiger charge is 2.02. The quantitative estimate of drug-likeness (QED) is 0.500. The van der Waals surface area contributed by atoms with Crippen molar-refractivity contribution >= 4 is 0 Å². The van der Waals surface area contributed by atoms with Gasteiger partial charge in [-0.3, -0.25) is 0 Å². The molecule has 0 amide bonds. The Morgan fingerprint density at radius 3 is 2.55 bits per heavy atom. The molecule has 0 saturated heterocycles. The first-order chi connectivity index (χ1) is 5.30. The Bertz CT molecular complexity index is 161. The van der Waals surface area contributed by atoms with Crippen LogP contribution in [0.15, 0.2) is 23.8 Å². The summed E-state index contributed by atoms with van der Waals surface area (Å²) in [6.45, 7) is 4.58. The molecular weight excluding hydrogens is 132 g/mol. The normalized spacial score (nSPS) is 27.0. The van der Waals surface area contributed by atoms with Crippen molar-refractivity contribution in [2.75, 3.05) is 0 Å². The van der Waals surface area contributed by atoms with Crippen LogP contribution in [0.25, 0.3) is 0 Å². The zero-order valence-corrected chi connectivity index (χ0v) is 7.64. The summed E-state index contributed by atoms with van der Waals surface area (Å²) in [6.07, 6.45) is 12.0. The molecule has 0 spiro atoms. The van der Waals surface area contributed by atoms with Crippen molar-refractivity contribution in [2.45, 2.75) is 39.5 Å². The lowest BCUT2D eigenvalue weighted by Crippen LogP contribution is -1.95. The monoisotopic (exact) mass is 150 g/mol. The van der Waals surface area contributed by atoms with Crippen LogP contribution < -0.4 is 0 Å². The van der Waals surface area contributed by atoms with Gasteiger partial charge in [-0.1, -0.05) is 37.6 Å². The van der Waals surface area contributed by atoms with Gasteiger partial charge in [0.05, 0.1) is 0 Å². The molecule has 0 unspecified atom stereocenters. The first-order valence-corrected chi connectivity index (χ1v) is 4.64. The molecule has 0 atom stereocenters. The minimum absolute atomic E-state index is 0.751. The van der Waals surface area contributed by atoms with Crippen molar-refractivity contribution < 1.29 is 0 Å². The van der Waals surface area contributed by atoms with Gasteiger partial charge in [-0.25, -0.2) is 0 Å². The number of hydrogen-bond acceptors (Lipinski definition) is 0. The summed E-state index contributed by atoms with van der Waals surface area (Å²) in [6, 6.07) is 0. The van der Waals surface area contributed by atoms with E-state index in [0.717, 1.165) is 5.92 Å². The van der Waals surface area contributed by atoms with Crippen LogP contribution in [0.3, 0.4) is 0 Å². The van der Waals surface area contributed by atoms with Crippen molar-refractivity contribution in [3.8, 4) is 0 Å². The Morgan fingerprint density at radius 2 is 1.82 bits per heavy atom. The van der Waals surface area contributed by atoms with Crippen molar-refractivity contribution in [1.29, 1.82) is 0 Å². The predicted molar refractivity (Wildman–Crippen MR) is 50.5 cm³/mol. The van der Waals surface area contributed by atoms with Crippen molar-refractivity contribution in [1.82, 2.24) is 0 Å². The summed E-state index contributed by atoms with van der Waals surface area (Å²) in [4.78, 5) is 0. The van der Waals surface area contributed by atoms with E-state index >= 15 is 0 Å².